The van der Waals surface area contributed by atoms with Gasteiger partial charge in [-0.2, -0.15) is 0 Å². The Morgan fingerprint density at radius 2 is 1.70 bits per heavy atom. The fourth-order valence-electron chi connectivity index (χ4n) is 0.367. The predicted octanol–water partition coefficient (Wildman–Crippen LogP) is -0.881. The maximum absolute atomic E-state index is 10.1. The van der Waals surface area contributed by atoms with Crippen molar-refractivity contribution in [3.63, 3.8) is 0 Å². The van der Waals surface area contributed by atoms with E-state index in [-0.39, 0.29) is 0 Å². The van der Waals surface area contributed by atoms with E-state index in [0.717, 1.165) is 0 Å². The molecule has 0 saturated carbocycles. The van der Waals surface area contributed by atoms with Crippen molar-refractivity contribution in [2.45, 2.75) is 13.0 Å². The quantitative estimate of drug-likeness (QED) is 0.451. The van der Waals surface area contributed by atoms with Gasteiger partial charge in [-0.25, -0.2) is 0 Å². The lowest BCUT2D eigenvalue weighted by Crippen LogP contribution is -2.40. The maximum Gasteiger partial charge on any atom is 0.321 e. The lowest BCUT2D eigenvalue weighted by molar-refractivity contribution is -0.149. The Balaban J connectivity index is 4.07. The van der Waals surface area contributed by atoms with Crippen molar-refractivity contribution in [1.29, 1.82) is 0 Å². The van der Waals surface area contributed by atoms with Crippen molar-refractivity contribution in [2.24, 2.45) is 11.7 Å². The summed E-state index contributed by atoms with van der Waals surface area (Å²) < 4.78 is 0. The summed E-state index contributed by atoms with van der Waals surface area (Å²) in [6.45, 7) is 1.25. The van der Waals surface area contributed by atoms with Crippen molar-refractivity contribution in [3.05, 3.63) is 0 Å². The Hall–Kier alpha value is -1.10. The largest absolute Gasteiger partial charge is 0.481 e. The van der Waals surface area contributed by atoms with E-state index in [9.17, 15) is 9.59 Å². The van der Waals surface area contributed by atoms with Crippen LogP contribution in [-0.2, 0) is 9.59 Å². The average Bonchev–Trinajstić information content (AvgIpc) is 1.84. The third kappa shape index (κ3) is 2.02. The average molecular weight is 148 g/mol. The summed E-state index contributed by atoms with van der Waals surface area (Å²) in [5, 5.41) is 16.5. The first-order valence-corrected chi connectivity index (χ1v) is 2.68. The van der Waals surface area contributed by atoms with Gasteiger partial charge in [-0.05, 0) is 6.92 Å². The number of carbonyl (C=O) groups is 2. The molecule has 0 aromatic carbocycles. The Bertz CT molecular complexity index is 138. The number of carboxylic acid groups (broad SMARTS) is 2. The summed E-state index contributed by atoms with van der Waals surface area (Å²) in [6, 6.07) is -1.32. The van der Waals surface area contributed by atoms with Crippen LogP contribution in [0.15, 0.2) is 0 Å². The highest BCUT2D eigenvalue weighted by molar-refractivity contribution is 5.82. The van der Waals surface area contributed by atoms with Gasteiger partial charge in [-0.15, -0.1) is 0 Å². The minimum Gasteiger partial charge on any atom is -0.481 e. The molecule has 0 saturated heterocycles. The van der Waals surface area contributed by atoms with Crippen molar-refractivity contribution in [2.75, 3.05) is 0 Å². The number of hydrogen-bond acceptors (Lipinski definition) is 3. The van der Waals surface area contributed by atoms with E-state index in [4.69, 9.17) is 15.9 Å². The van der Waals surface area contributed by atoms with Crippen molar-refractivity contribution >= 4 is 11.9 Å². The smallest absolute Gasteiger partial charge is 0.321 e. The van der Waals surface area contributed by atoms with E-state index in [0.29, 0.717) is 0 Å². The highest BCUT2D eigenvalue weighted by atomic mass is 16.4. The van der Waals surface area contributed by atoms with Crippen LogP contribution in [0.1, 0.15) is 6.92 Å². The highest BCUT2D eigenvalue weighted by Gasteiger charge is 2.25. The summed E-state index contributed by atoms with van der Waals surface area (Å²) in [6.07, 6.45) is 0. The standard InChI is InChI=1S/C5H9NO4/c1-2(4(7)8)3(6)5(9)10/h2-3H,6H2,1H3,(H,7,8)(H,9,10)/t2-,3+/m1/s1/i1+1. The van der Waals surface area contributed by atoms with Gasteiger partial charge in [0.2, 0.25) is 0 Å². The highest BCUT2D eigenvalue weighted by Crippen LogP contribution is 1.99. The van der Waals surface area contributed by atoms with Crippen LogP contribution in [0.25, 0.3) is 0 Å². The van der Waals surface area contributed by atoms with Crippen LogP contribution in [0.4, 0.5) is 0 Å². The van der Waals surface area contributed by atoms with E-state index in [1.54, 1.807) is 0 Å². The van der Waals surface area contributed by atoms with E-state index >= 15 is 0 Å². The van der Waals surface area contributed by atoms with Crippen LogP contribution in [0, 0.1) is 5.92 Å². The molecule has 2 atom stereocenters. The molecule has 0 spiro atoms. The number of rotatable bonds is 3. The van der Waals surface area contributed by atoms with E-state index in [1.807, 2.05) is 0 Å². The van der Waals surface area contributed by atoms with Crippen LogP contribution in [0.2, 0.25) is 0 Å². The lowest BCUT2D eigenvalue weighted by atomic mass is 10.1. The Morgan fingerprint density at radius 1 is 1.30 bits per heavy atom. The molecule has 0 aromatic rings. The molecule has 10 heavy (non-hydrogen) atoms. The molecule has 0 aliphatic rings. The molecule has 0 radical (unpaired) electrons. The van der Waals surface area contributed by atoms with Crippen molar-refractivity contribution in [3.8, 4) is 0 Å². The van der Waals surface area contributed by atoms with E-state index in [1.165, 1.54) is 6.92 Å². The van der Waals surface area contributed by atoms with Gasteiger partial charge in [-0.1, -0.05) is 0 Å². The minimum absolute atomic E-state index is 1.04. The summed E-state index contributed by atoms with van der Waals surface area (Å²) in [4.78, 5) is 20.2. The topological polar surface area (TPSA) is 101 Å². The first-order chi connectivity index (χ1) is 4.46. The third-order valence-electron chi connectivity index (χ3n) is 1.21. The molecule has 0 fully saturated rings. The fraction of sp³-hybridized carbons (Fsp3) is 0.600. The van der Waals surface area contributed by atoms with Gasteiger partial charge >= 0.3 is 11.9 Å². The molecule has 0 heterocycles. The molecule has 0 bridgehead atoms. The first kappa shape index (κ1) is 8.90. The van der Waals surface area contributed by atoms with Gasteiger partial charge in [0, 0.05) is 0 Å². The molecular formula is C5H9NO4. The number of hydrogen-bond donors (Lipinski definition) is 3. The van der Waals surface area contributed by atoms with Crippen LogP contribution in [0.5, 0.6) is 0 Å². The second-order valence-electron chi connectivity index (χ2n) is 1.99. The maximum atomic E-state index is 10.1. The predicted molar refractivity (Wildman–Crippen MR) is 32.4 cm³/mol. The fourth-order valence-corrected chi connectivity index (χ4v) is 0.367. The summed E-state index contributed by atoms with van der Waals surface area (Å²) in [5.74, 6) is -3.54. The molecule has 0 aromatic heterocycles. The monoisotopic (exact) mass is 148 g/mol. The number of aliphatic carboxylic acids is 2. The second-order valence-corrected chi connectivity index (χ2v) is 1.99. The zero-order valence-corrected chi connectivity index (χ0v) is 5.44. The summed E-state index contributed by atoms with van der Waals surface area (Å²) in [7, 11) is 0. The zero-order valence-electron chi connectivity index (χ0n) is 5.44. The zero-order chi connectivity index (χ0) is 8.31. The number of carboxylic acids is 2. The minimum atomic E-state index is -1.32. The Labute approximate surface area is 57.5 Å². The van der Waals surface area contributed by atoms with Crippen LogP contribution >= 0.6 is 0 Å². The van der Waals surface area contributed by atoms with Crippen LogP contribution < -0.4 is 5.73 Å². The normalized spacial score (nSPS) is 15.8. The first-order valence-electron chi connectivity index (χ1n) is 2.68. The molecular weight excluding hydrogens is 139 g/mol. The van der Waals surface area contributed by atoms with Gasteiger partial charge in [0.1, 0.15) is 6.04 Å². The number of nitrogens with two attached hydrogens (primary N) is 1. The molecule has 0 unspecified atom stereocenters. The molecule has 0 amide bonds. The van der Waals surface area contributed by atoms with Gasteiger partial charge in [-0.3, -0.25) is 9.59 Å². The molecule has 0 rings (SSSR count). The van der Waals surface area contributed by atoms with E-state index < -0.39 is 23.9 Å². The van der Waals surface area contributed by atoms with Crippen molar-refractivity contribution in [1.82, 2.24) is 0 Å². The summed E-state index contributed by atoms with van der Waals surface area (Å²) in [5.41, 5.74) is 4.98. The molecule has 58 valence electrons. The van der Waals surface area contributed by atoms with Gasteiger partial charge in [0.15, 0.2) is 0 Å². The second kappa shape index (κ2) is 3.17. The molecule has 5 heteroatoms. The van der Waals surface area contributed by atoms with Crippen LogP contribution in [0.3, 0.4) is 0 Å². The van der Waals surface area contributed by atoms with Gasteiger partial charge in [0.05, 0.1) is 5.92 Å². The van der Waals surface area contributed by atoms with Gasteiger partial charge in [0.25, 0.3) is 0 Å². The SMILES string of the molecule is [13CH3][C@@H](C(=O)O)[C@H](N)C(=O)O. The van der Waals surface area contributed by atoms with Gasteiger partial charge < -0.3 is 15.9 Å². The van der Waals surface area contributed by atoms with Crippen LogP contribution in [-0.4, -0.2) is 28.2 Å². The molecule has 4 N–H and O–H groups in total. The Kier molecular flexibility index (Phi) is 2.82. The molecule has 0 aliphatic heterocycles. The summed E-state index contributed by atoms with van der Waals surface area (Å²) >= 11 is 0. The van der Waals surface area contributed by atoms with Crippen molar-refractivity contribution < 1.29 is 19.8 Å². The third-order valence-corrected chi connectivity index (χ3v) is 1.21. The lowest BCUT2D eigenvalue weighted by Gasteiger charge is -2.09. The molecule has 5 nitrogen and oxygen atoms in total. The Morgan fingerprint density at radius 3 is 1.80 bits per heavy atom. The van der Waals surface area contributed by atoms with E-state index in [2.05, 4.69) is 0 Å². The molecule has 0 aliphatic carbocycles.